The number of aromatic nitrogens is 1. The van der Waals surface area contributed by atoms with E-state index in [1.165, 1.54) is 18.2 Å². The van der Waals surface area contributed by atoms with Crippen LogP contribution in [0.1, 0.15) is 20.7 Å². The third kappa shape index (κ3) is 4.99. The third-order valence-corrected chi connectivity index (χ3v) is 4.69. The van der Waals surface area contributed by atoms with Gasteiger partial charge in [0.15, 0.2) is 0 Å². The number of benzene rings is 2. The fraction of sp³-hybridized carbons (Fsp3) is 0. The molecule has 0 aliphatic heterocycles. The van der Waals surface area contributed by atoms with Crippen LogP contribution in [0.4, 0.5) is 15.9 Å². The minimum Gasteiger partial charge on any atom is -0.322 e. The van der Waals surface area contributed by atoms with E-state index in [1.807, 2.05) is 0 Å². The van der Waals surface area contributed by atoms with Crippen LogP contribution in [0.2, 0.25) is 0 Å². The Kier molecular flexibility index (Phi) is 5.98. The van der Waals surface area contributed by atoms with Crippen LogP contribution in [0, 0.1) is 5.82 Å². The molecule has 0 aliphatic rings. The smallest absolute Gasteiger partial charge is 0.256 e. The number of carbonyl (C=O) groups is 2. The van der Waals surface area contributed by atoms with Crippen LogP contribution in [0.25, 0.3) is 0 Å². The summed E-state index contributed by atoms with van der Waals surface area (Å²) in [7, 11) is 0. The Hall–Kier alpha value is -2.58. The van der Waals surface area contributed by atoms with Gasteiger partial charge in [-0.3, -0.25) is 9.59 Å². The van der Waals surface area contributed by atoms with Crippen molar-refractivity contribution in [2.75, 3.05) is 10.6 Å². The van der Waals surface area contributed by atoms with E-state index in [-0.39, 0.29) is 11.5 Å². The summed E-state index contributed by atoms with van der Waals surface area (Å²) in [5, 5.41) is 5.33. The number of carbonyl (C=O) groups excluding carboxylic acids is 2. The molecule has 2 amide bonds. The lowest BCUT2D eigenvalue weighted by Crippen LogP contribution is -2.15. The lowest BCUT2D eigenvalue weighted by molar-refractivity contribution is 0.101. The van der Waals surface area contributed by atoms with E-state index in [9.17, 15) is 14.0 Å². The van der Waals surface area contributed by atoms with Crippen LogP contribution in [0.15, 0.2) is 69.7 Å². The van der Waals surface area contributed by atoms with E-state index >= 15 is 0 Å². The molecular weight excluding hydrogens is 481 g/mol. The third-order valence-electron chi connectivity index (χ3n) is 3.52. The Morgan fingerprint density at radius 1 is 0.926 bits per heavy atom. The molecule has 0 radical (unpaired) electrons. The lowest BCUT2D eigenvalue weighted by Gasteiger charge is -2.09. The molecule has 1 aromatic heterocycles. The standard InChI is InChI=1S/C19H12Br2FN3O2/c20-12-4-7-17(23-10-12)25-18(26)11-2-1-3-14(8-11)24-19(27)15-9-13(22)5-6-16(15)21/h1-10H,(H,24,27)(H,23,25,26). The molecule has 0 unspecified atom stereocenters. The monoisotopic (exact) mass is 491 g/mol. The van der Waals surface area contributed by atoms with E-state index in [1.54, 1.807) is 36.5 Å². The zero-order valence-electron chi connectivity index (χ0n) is 13.7. The second kappa shape index (κ2) is 8.41. The maximum atomic E-state index is 13.4. The van der Waals surface area contributed by atoms with Gasteiger partial charge in [-0.25, -0.2) is 9.37 Å². The minimum absolute atomic E-state index is 0.156. The average molecular weight is 493 g/mol. The molecule has 0 saturated carbocycles. The first-order valence-corrected chi connectivity index (χ1v) is 9.30. The van der Waals surface area contributed by atoms with Crippen molar-refractivity contribution in [3.8, 4) is 0 Å². The van der Waals surface area contributed by atoms with Crippen molar-refractivity contribution >= 4 is 55.2 Å². The van der Waals surface area contributed by atoms with Gasteiger partial charge in [-0.15, -0.1) is 0 Å². The molecular formula is C19H12Br2FN3O2. The predicted molar refractivity (Wildman–Crippen MR) is 108 cm³/mol. The number of nitrogens with one attached hydrogen (secondary N) is 2. The number of amides is 2. The number of hydrogen-bond acceptors (Lipinski definition) is 3. The van der Waals surface area contributed by atoms with Crippen molar-refractivity contribution in [2.24, 2.45) is 0 Å². The molecule has 0 atom stereocenters. The highest BCUT2D eigenvalue weighted by Gasteiger charge is 2.13. The van der Waals surface area contributed by atoms with Crippen molar-refractivity contribution in [3.63, 3.8) is 0 Å². The van der Waals surface area contributed by atoms with E-state index in [0.29, 0.717) is 21.5 Å². The normalized spacial score (nSPS) is 10.3. The number of rotatable bonds is 4. The summed E-state index contributed by atoms with van der Waals surface area (Å²) >= 11 is 6.50. The second-order valence-corrected chi connectivity index (χ2v) is 7.24. The van der Waals surface area contributed by atoms with E-state index in [2.05, 4.69) is 47.5 Å². The second-order valence-electron chi connectivity index (χ2n) is 5.47. The SMILES string of the molecule is O=C(Nc1ccc(Br)cn1)c1cccc(NC(=O)c2cc(F)ccc2Br)c1. The van der Waals surface area contributed by atoms with Gasteiger partial charge in [0, 0.05) is 26.4 Å². The highest BCUT2D eigenvalue weighted by molar-refractivity contribution is 9.10. The van der Waals surface area contributed by atoms with Crippen molar-refractivity contribution in [1.29, 1.82) is 0 Å². The quantitative estimate of drug-likeness (QED) is 0.522. The molecule has 3 aromatic rings. The molecule has 3 rings (SSSR count). The van der Waals surface area contributed by atoms with Gasteiger partial charge >= 0.3 is 0 Å². The highest BCUT2D eigenvalue weighted by atomic mass is 79.9. The summed E-state index contributed by atoms with van der Waals surface area (Å²) in [6, 6.07) is 13.7. The van der Waals surface area contributed by atoms with Crippen molar-refractivity contribution in [3.05, 3.63) is 86.7 Å². The van der Waals surface area contributed by atoms with Gasteiger partial charge in [0.2, 0.25) is 0 Å². The van der Waals surface area contributed by atoms with E-state index in [0.717, 1.165) is 10.5 Å². The minimum atomic E-state index is -0.515. The topological polar surface area (TPSA) is 71.1 Å². The fourth-order valence-electron chi connectivity index (χ4n) is 2.25. The first kappa shape index (κ1) is 19.2. The Morgan fingerprint density at radius 2 is 1.74 bits per heavy atom. The predicted octanol–water partition coefficient (Wildman–Crippen LogP) is 5.25. The molecule has 0 saturated heterocycles. The first-order chi connectivity index (χ1) is 12.9. The summed E-state index contributed by atoms with van der Waals surface area (Å²) < 4.78 is 14.7. The molecule has 2 N–H and O–H groups in total. The summed E-state index contributed by atoms with van der Waals surface area (Å²) in [6.07, 6.45) is 1.57. The summed E-state index contributed by atoms with van der Waals surface area (Å²) in [5.74, 6) is -0.971. The first-order valence-electron chi connectivity index (χ1n) is 7.72. The van der Waals surface area contributed by atoms with Gasteiger partial charge in [0.05, 0.1) is 5.56 Å². The number of nitrogens with zero attached hydrogens (tertiary/aromatic N) is 1. The highest BCUT2D eigenvalue weighted by Crippen LogP contribution is 2.20. The Morgan fingerprint density at radius 3 is 2.48 bits per heavy atom. The van der Waals surface area contributed by atoms with Crippen LogP contribution in [0.3, 0.4) is 0 Å². The summed E-state index contributed by atoms with van der Waals surface area (Å²) in [6.45, 7) is 0. The molecule has 27 heavy (non-hydrogen) atoms. The molecule has 8 heteroatoms. The van der Waals surface area contributed by atoms with E-state index < -0.39 is 11.7 Å². The zero-order chi connectivity index (χ0) is 19.4. The Bertz CT molecular complexity index is 1010. The molecule has 0 aliphatic carbocycles. The zero-order valence-corrected chi connectivity index (χ0v) is 16.8. The van der Waals surface area contributed by atoms with Gasteiger partial charge in [-0.1, -0.05) is 6.07 Å². The van der Waals surface area contributed by atoms with Gasteiger partial charge < -0.3 is 10.6 Å². The summed E-state index contributed by atoms with van der Waals surface area (Å²) in [4.78, 5) is 28.8. The summed E-state index contributed by atoms with van der Waals surface area (Å²) in [5.41, 5.74) is 0.910. The van der Waals surface area contributed by atoms with Crippen molar-refractivity contribution < 1.29 is 14.0 Å². The van der Waals surface area contributed by atoms with Crippen molar-refractivity contribution in [1.82, 2.24) is 4.98 Å². The lowest BCUT2D eigenvalue weighted by atomic mass is 10.1. The molecule has 136 valence electrons. The van der Waals surface area contributed by atoms with Crippen LogP contribution >= 0.6 is 31.9 Å². The average Bonchev–Trinajstić information content (AvgIpc) is 2.65. The number of anilines is 2. The van der Waals surface area contributed by atoms with Crippen LogP contribution in [0.5, 0.6) is 0 Å². The molecule has 0 spiro atoms. The van der Waals surface area contributed by atoms with E-state index in [4.69, 9.17) is 0 Å². The molecule has 5 nitrogen and oxygen atoms in total. The number of pyridine rings is 1. The van der Waals surface area contributed by atoms with Gasteiger partial charge in [-0.2, -0.15) is 0 Å². The van der Waals surface area contributed by atoms with Gasteiger partial charge in [-0.05, 0) is 80.4 Å². The maximum Gasteiger partial charge on any atom is 0.256 e. The number of hydrogen-bond donors (Lipinski definition) is 2. The molecule has 1 heterocycles. The van der Waals surface area contributed by atoms with Crippen molar-refractivity contribution in [2.45, 2.75) is 0 Å². The Balaban J connectivity index is 1.75. The maximum absolute atomic E-state index is 13.4. The van der Waals surface area contributed by atoms with Crippen LogP contribution < -0.4 is 10.6 Å². The number of halogens is 3. The molecule has 0 fully saturated rings. The molecule has 2 aromatic carbocycles. The largest absolute Gasteiger partial charge is 0.322 e. The van der Waals surface area contributed by atoms with Crippen LogP contribution in [-0.2, 0) is 0 Å². The Labute approximate surface area is 171 Å². The fourth-order valence-corrected chi connectivity index (χ4v) is 2.91. The molecule has 0 bridgehead atoms. The van der Waals surface area contributed by atoms with Crippen LogP contribution in [-0.4, -0.2) is 16.8 Å². The van der Waals surface area contributed by atoms with Gasteiger partial charge in [0.25, 0.3) is 11.8 Å². The van der Waals surface area contributed by atoms with Gasteiger partial charge in [0.1, 0.15) is 11.6 Å².